The number of alkyl halides is 1. The zero-order chi connectivity index (χ0) is 8.74. The molecule has 0 bridgehead atoms. The van der Waals surface area contributed by atoms with Crippen molar-refractivity contribution < 1.29 is 21.6 Å². The molecule has 0 aliphatic carbocycles. The van der Waals surface area contributed by atoms with Gasteiger partial charge in [-0.3, -0.25) is 4.48 Å². The zero-order valence-electron chi connectivity index (χ0n) is 7.72. The van der Waals surface area contributed by atoms with Crippen LogP contribution in [0.2, 0.25) is 0 Å². The monoisotopic (exact) mass is 213 g/mol. The van der Waals surface area contributed by atoms with Crippen LogP contribution in [-0.2, 0) is 4.74 Å². The topological polar surface area (TPSA) is 9.23 Å². The molecule has 74 valence electrons. The van der Waals surface area contributed by atoms with Crippen LogP contribution in [0.3, 0.4) is 0 Å². The molecular formula is C8H17Cl2NO. The molecule has 12 heavy (non-hydrogen) atoms. The Morgan fingerprint density at radius 3 is 2.50 bits per heavy atom. The van der Waals surface area contributed by atoms with E-state index in [1.54, 1.807) is 0 Å². The maximum absolute atomic E-state index is 5.57. The molecule has 0 saturated carbocycles. The molecule has 0 saturated heterocycles. The van der Waals surface area contributed by atoms with Crippen molar-refractivity contribution in [1.29, 1.82) is 0 Å². The molecule has 0 N–H and O–H groups in total. The summed E-state index contributed by atoms with van der Waals surface area (Å²) in [5.74, 6) is 0.718. The molecule has 0 atom stereocenters. The van der Waals surface area contributed by atoms with Gasteiger partial charge in [0, 0.05) is 12.3 Å². The third-order valence-electron chi connectivity index (χ3n) is 1.44. The first kappa shape index (κ1) is 14.6. The third-order valence-corrected chi connectivity index (χ3v) is 1.71. The smallest absolute Gasteiger partial charge is 0.222 e. The number of hydrogen-bond donors (Lipinski definition) is 0. The molecule has 0 heterocycles. The molecule has 0 radical (unpaired) electrons. The standard InChI is InChI=1S/C8H17ClNO.ClH/c1-4-11-8-10(2,3)7-5-6-9;/h4H,1,5-8H2,2-3H3;1H/q+1;/p-1. The quantitative estimate of drug-likeness (QED) is 0.234. The predicted molar refractivity (Wildman–Crippen MR) is 48.5 cm³/mol. The van der Waals surface area contributed by atoms with E-state index in [0.29, 0.717) is 6.73 Å². The molecule has 0 aromatic rings. The molecule has 0 aromatic carbocycles. The first-order valence-electron chi connectivity index (χ1n) is 3.73. The van der Waals surface area contributed by atoms with Gasteiger partial charge < -0.3 is 17.1 Å². The summed E-state index contributed by atoms with van der Waals surface area (Å²) in [5, 5.41) is 0. The number of halogens is 2. The molecule has 0 aromatic heterocycles. The first-order valence-corrected chi connectivity index (χ1v) is 4.26. The highest BCUT2D eigenvalue weighted by Crippen LogP contribution is 2.00. The second-order valence-electron chi connectivity index (χ2n) is 3.16. The van der Waals surface area contributed by atoms with Gasteiger partial charge >= 0.3 is 0 Å². The fourth-order valence-corrected chi connectivity index (χ4v) is 0.926. The molecule has 2 nitrogen and oxygen atoms in total. The van der Waals surface area contributed by atoms with E-state index in [2.05, 4.69) is 20.7 Å². The van der Waals surface area contributed by atoms with E-state index in [1.165, 1.54) is 6.26 Å². The maximum Gasteiger partial charge on any atom is 0.222 e. The summed E-state index contributed by atoms with van der Waals surface area (Å²) in [6, 6.07) is 0. The van der Waals surface area contributed by atoms with E-state index in [9.17, 15) is 0 Å². The third kappa shape index (κ3) is 8.18. The Kier molecular flexibility index (Phi) is 9.38. The van der Waals surface area contributed by atoms with Crippen molar-refractivity contribution in [3.63, 3.8) is 0 Å². The zero-order valence-corrected chi connectivity index (χ0v) is 9.24. The minimum absolute atomic E-state index is 0. The second-order valence-corrected chi connectivity index (χ2v) is 3.54. The van der Waals surface area contributed by atoms with Crippen LogP contribution in [0.25, 0.3) is 0 Å². The van der Waals surface area contributed by atoms with Gasteiger partial charge in [-0.15, -0.1) is 11.6 Å². The van der Waals surface area contributed by atoms with Crippen molar-refractivity contribution in [2.45, 2.75) is 6.42 Å². The van der Waals surface area contributed by atoms with E-state index < -0.39 is 0 Å². The Labute approximate surface area is 86.1 Å². The molecule has 4 heteroatoms. The van der Waals surface area contributed by atoms with Gasteiger partial charge in [0.2, 0.25) is 6.73 Å². The molecule has 0 spiro atoms. The Balaban J connectivity index is 0. The summed E-state index contributed by atoms with van der Waals surface area (Å²) in [5.41, 5.74) is 0. The lowest BCUT2D eigenvalue weighted by Gasteiger charge is -2.28. The average molecular weight is 214 g/mol. The number of ether oxygens (including phenoxy) is 1. The van der Waals surface area contributed by atoms with Gasteiger partial charge in [-0.05, 0) is 0 Å². The van der Waals surface area contributed by atoms with Crippen molar-refractivity contribution in [2.75, 3.05) is 33.3 Å². The molecule has 0 amide bonds. The number of nitrogens with zero attached hydrogens (tertiary/aromatic N) is 1. The lowest BCUT2D eigenvalue weighted by atomic mass is 10.4. The molecular weight excluding hydrogens is 197 g/mol. The van der Waals surface area contributed by atoms with Gasteiger partial charge in [0.15, 0.2) is 0 Å². The lowest BCUT2D eigenvalue weighted by Crippen LogP contribution is -3.00. The van der Waals surface area contributed by atoms with Gasteiger partial charge in [-0.2, -0.15) is 0 Å². The summed E-state index contributed by atoms with van der Waals surface area (Å²) in [4.78, 5) is 0. The number of quaternary nitrogens is 1. The average Bonchev–Trinajstić information content (AvgIpc) is 1.97. The minimum Gasteiger partial charge on any atom is -1.00 e. The van der Waals surface area contributed by atoms with E-state index in [1.807, 2.05) is 0 Å². The highest BCUT2D eigenvalue weighted by molar-refractivity contribution is 6.17. The van der Waals surface area contributed by atoms with Gasteiger partial charge in [-0.25, -0.2) is 0 Å². The van der Waals surface area contributed by atoms with Gasteiger partial charge in [0.1, 0.15) is 0 Å². The van der Waals surface area contributed by atoms with Crippen LogP contribution < -0.4 is 12.4 Å². The van der Waals surface area contributed by atoms with Crippen LogP contribution in [0, 0.1) is 0 Å². The van der Waals surface area contributed by atoms with E-state index >= 15 is 0 Å². The Morgan fingerprint density at radius 2 is 2.08 bits per heavy atom. The van der Waals surface area contributed by atoms with Crippen molar-refractivity contribution in [3.05, 3.63) is 12.8 Å². The van der Waals surface area contributed by atoms with Gasteiger partial charge in [0.25, 0.3) is 0 Å². The summed E-state index contributed by atoms with van der Waals surface area (Å²) in [6.07, 6.45) is 2.50. The van der Waals surface area contributed by atoms with Crippen LogP contribution in [0.4, 0.5) is 0 Å². The largest absolute Gasteiger partial charge is 1.00 e. The molecule has 0 aliphatic rings. The SMILES string of the molecule is C=COC[N+](C)(C)CCCCl.[Cl-]. The van der Waals surface area contributed by atoms with Gasteiger partial charge in [0.05, 0.1) is 26.9 Å². The molecule has 0 fully saturated rings. The fourth-order valence-electron chi connectivity index (χ4n) is 0.807. The fraction of sp³-hybridized carbons (Fsp3) is 0.750. The second kappa shape index (κ2) is 7.71. The highest BCUT2D eigenvalue weighted by atomic mass is 35.5. The molecule has 0 unspecified atom stereocenters. The molecule has 0 rings (SSSR count). The van der Waals surface area contributed by atoms with Crippen LogP contribution in [0.1, 0.15) is 6.42 Å². The summed E-state index contributed by atoms with van der Waals surface area (Å²) in [7, 11) is 4.21. The maximum atomic E-state index is 5.57. The van der Waals surface area contributed by atoms with E-state index in [4.69, 9.17) is 16.3 Å². The Bertz CT molecular complexity index is 118. The number of rotatable bonds is 6. The minimum atomic E-state index is 0. The van der Waals surface area contributed by atoms with Crippen molar-refractivity contribution in [2.24, 2.45) is 0 Å². The van der Waals surface area contributed by atoms with Gasteiger partial charge in [-0.1, -0.05) is 6.58 Å². The Hall–Kier alpha value is 0.0800. The molecule has 0 aliphatic heterocycles. The van der Waals surface area contributed by atoms with Crippen molar-refractivity contribution in [3.8, 4) is 0 Å². The summed E-state index contributed by atoms with van der Waals surface area (Å²) < 4.78 is 5.92. The van der Waals surface area contributed by atoms with Crippen LogP contribution in [0.15, 0.2) is 12.8 Å². The predicted octanol–water partition coefficient (Wildman–Crippen LogP) is -1.19. The van der Waals surface area contributed by atoms with Crippen LogP contribution in [-0.4, -0.2) is 37.7 Å². The Morgan fingerprint density at radius 1 is 1.50 bits per heavy atom. The highest BCUT2D eigenvalue weighted by Gasteiger charge is 2.13. The normalized spacial score (nSPS) is 10.2. The summed E-state index contributed by atoms with van der Waals surface area (Å²) >= 11 is 5.57. The van der Waals surface area contributed by atoms with Crippen LogP contribution >= 0.6 is 11.6 Å². The van der Waals surface area contributed by atoms with E-state index in [-0.39, 0.29) is 12.4 Å². The summed E-state index contributed by atoms with van der Waals surface area (Å²) in [6.45, 7) is 5.19. The van der Waals surface area contributed by atoms with Crippen molar-refractivity contribution >= 4 is 11.6 Å². The van der Waals surface area contributed by atoms with E-state index in [0.717, 1.165) is 23.3 Å². The van der Waals surface area contributed by atoms with Crippen molar-refractivity contribution in [1.82, 2.24) is 0 Å². The number of hydrogen-bond acceptors (Lipinski definition) is 1. The van der Waals surface area contributed by atoms with Crippen LogP contribution in [0.5, 0.6) is 0 Å². The first-order chi connectivity index (χ1) is 5.12. The lowest BCUT2D eigenvalue weighted by molar-refractivity contribution is -0.908.